The minimum Gasteiger partial charge on any atom is -0.394 e. The van der Waals surface area contributed by atoms with E-state index in [9.17, 15) is 9.90 Å². The summed E-state index contributed by atoms with van der Waals surface area (Å²) in [6, 6.07) is 0. The number of rotatable bonds is 5. The van der Waals surface area contributed by atoms with Crippen molar-refractivity contribution in [1.82, 2.24) is 5.32 Å². The first-order valence-corrected chi connectivity index (χ1v) is 5.72. The number of hydrogen-bond donors (Lipinski definition) is 2. The Labute approximate surface area is 91.0 Å². The van der Waals surface area contributed by atoms with E-state index >= 15 is 0 Å². The normalized spacial score (nSPS) is 21.7. The Kier molecular flexibility index (Phi) is 4.54. The molecule has 0 unspecified atom stereocenters. The summed E-state index contributed by atoms with van der Waals surface area (Å²) in [4.78, 5) is 11.8. The highest BCUT2D eigenvalue weighted by Gasteiger charge is 2.32. The fourth-order valence-corrected chi connectivity index (χ4v) is 1.82. The molecule has 0 saturated carbocycles. The Morgan fingerprint density at radius 2 is 2.20 bits per heavy atom. The summed E-state index contributed by atoms with van der Waals surface area (Å²) < 4.78 is 5.30. The summed E-state index contributed by atoms with van der Waals surface area (Å²) in [7, 11) is 0. The summed E-state index contributed by atoms with van der Waals surface area (Å²) in [6.07, 6.45) is 2.90. The molecule has 0 aromatic rings. The van der Waals surface area contributed by atoms with Gasteiger partial charge < -0.3 is 15.2 Å². The van der Waals surface area contributed by atoms with Crippen molar-refractivity contribution in [2.24, 2.45) is 0 Å². The van der Waals surface area contributed by atoms with Gasteiger partial charge in [-0.1, -0.05) is 13.8 Å². The van der Waals surface area contributed by atoms with Crippen molar-refractivity contribution in [2.75, 3.05) is 13.2 Å². The highest BCUT2D eigenvalue weighted by Crippen LogP contribution is 2.17. The average molecular weight is 215 g/mol. The SMILES string of the molecule is CCC(CC)(CO)NC(=O)[C@@H]1CCCO1. The van der Waals surface area contributed by atoms with Crippen molar-refractivity contribution in [3.8, 4) is 0 Å². The third-order valence-corrected chi connectivity index (χ3v) is 3.27. The number of carbonyl (C=O) groups excluding carboxylic acids is 1. The van der Waals surface area contributed by atoms with Crippen molar-refractivity contribution in [3.05, 3.63) is 0 Å². The number of amides is 1. The molecule has 1 fully saturated rings. The van der Waals surface area contributed by atoms with Crippen LogP contribution in [-0.2, 0) is 9.53 Å². The molecule has 2 N–H and O–H groups in total. The lowest BCUT2D eigenvalue weighted by molar-refractivity contribution is -0.132. The third-order valence-electron chi connectivity index (χ3n) is 3.27. The van der Waals surface area contributed by atoms with Gasteiger partial charge in [-0.25, -0.2) is 0 Å². The Morgan fingerprint density at radius 1 is 1.53 bits per heavy atom. The molecule has 0 bridgehead atoms. The van der Waals surface area contributed by atoms with Crippen molar-refractivity contribution in [1.29, 1.82) is 0 Å². The first-order valence-electron chi connectivity index (χ1n) is 5.72. The quantitative estimate of drug-likeness (QED) is 0.714. The molecule has 1 atom stereocenters. The van der Waals surface area contributed by atoms with Gasteiger partial charge in [0, 0.05) is 6.61 Å². The molecule has 1 aliphatic heterocycles. The molecular weight excluding hydrogens is 194 g/mol. The molecule has 0 aliphatic carbocycles. The second kappa shape index (κ2) is 5.47. The zero-order valence-corrected chi connectivity index (χ0v) is 9.58. The zero-order chi connectivity index (χ0) is 11.3. The fraction of sp³-hybridized carbons (Fsp3) is 0.909. The summed E-state index contributed by atoms with van der Waals surface area (Å²) in [6.45, 7) is 4.59. The van der Waals surface area contributed by atoms with Gasteiger partial charge in [-0.05, 0) is 25.7 Å². The molecule has 0 aromatic heterocycles. The zero-order valence-electron chi connectivity index (χ0n) is 9.58. The van der Waals surface area contributed by atoms with E-state index in [4.69, 9.17) is 4.74 Å². The molecule has 15 heavy (non-hydrogen) atoms. The van der Waals surface area contributed by atoms with Gasteiger partial charge in [-0.15, -0.1) is 0 Å². The molecule has 88 valence electrons. The molecule has 1 saturated heterocycles. The molecule has 1 rings (SSSR count). The largest absolute Gasteiger partial charge is 0.394 e. The van der Waals surface area contributed by atoms with Crippen LogP contribution in [-0.4, -0.2) is 35.9 Å². The van der Waals surface area contributed by atoms with E-state index in [-0.39, 0.29) is 18.6 Å². The van der Waals surface area contributed by atoms with Crippen molar-refractivity contribution < 1.29 is 14.6 Å². The van der Waals surface area contributed by atoms with E-state index in [1.54, 1.807) is 0 Å². The lowest BCUT2D eigenvalue weighted by atomic mass is 9.93. The second-order valence-electron chi connectivity index (χ2n) is 4.14. The van der Waals surface area contributed by atoms with Gasteiger partial charge in [0.2, 0.25) is 5.91 Å². The first-order chi connectivity index (χ1) is 7.17. The summed E-state index contributed by atoms with van der Waals surface area (Å²) >= 11 is 0. The lowest BCUT2D eigenvalue weighted by Gasteiger charge is -2.31. The van der Waals surface area contributed by atoms with Gasteiger partial charge in [0.05, 0.1) is 12.1 Å². The lowest BCUT2D eigenvalue weighted by Crippen LogP contribution is -2.53. The van der Waals surface area contributed by atoms with Crippen molar-refractivity contribution in [3.63, 3.8) is 0 Å². The van der Waals surface area contributed by atoms with Gasteiger partial charge in [-0.3, -0.25) is 4.79 Å². The van der Waals surface area contributed by atoms with Crippen LogP contribution < -0.4 is 5.32 Å². The molecule has 1 aliphatic rings. The van der Waals surface area contributed by atoms with E-state index in [0.29, 0.717) is 6.61 Å². The number of aliphatic hydroxyl groups is 1. The maximum absolute atomic E-state index is 11.8. The number of aliphatic hydroxyl groups excluding tert-OH is 1. The minimum atomic E-state index is -0.469. The molecule has 0 spiro atoms. The van der Waals surface area contributed by atoms with E-state index in [1.165, 1.54) is 0 Å². The minimum absolute atomic E-state index is 0.0154. The monoisotopic (exact) mass is 215 g/mol. The highest BCUT2D eigenvalue weighted by atomic mass is 16.5. The fourth-order valence-electron chi connectivity index (χ4n) is 1.82. The van der Waals surface area contributed by atoms with Gasteiger partial charge in [0.1, 0.15) is 6.10 Å². The molecule has 0 aromatic carbocycles. The van der Waals surface area contributed by atoms with Crippen LogP contribution in [0.2, 0.25) is 0 Å². The predicted molar refractivity (Wildman–Crippen MR) is 57.5 cm³/mol. The van der Waals surface area contributed by atoms with E-state index in [2.05, 4.69) is 5.32 Å². The van der Waals surface area contributed by atoms with Crippen LogP contribution in [0.15, 0.2) is 0 Å². The molecule has 0 radical (unpaired) electrons. The average Bonchev–Trinajstić information content (AvgIpc) is 2.79. The molecule has 4 heteroatoms. The Hall–Kier alpha value is -0.610. The topological polar surface area (TPSA) is 58.6 Å². The number of hydrogen-bond acceptors (Lipinski definition) is 3. The first kappa shape index (κ1) is 12.5. The van der Waals surface area contributed by atoms with Crippen molar-refractivity contribution >= 4 is 5.91 Å². The van der Waals surface area contributed by atoms with Crippen molar-refractivity contribution in [2.45, 2.75) is 51.2 Å². The van der Waals surface area contributed by atoms with Crippen LogP contribution >= 0.6 is 0 Å². The van der Waals surface area contributed by atoms with Gasteiger partial charge >= 0.3 is 0 Å². The highest BCUT2D eigenvalue weighted by molar-refractivity contribution is 5.81. The van der Waals surface area contributed by atoms with Crippen LogP contribution in [0.3, 0.4) is 0 Å². The third kappa shape index (κ3) is 2.92. The summed E-state index contributed by atoms with van der Waals surface area (Å²) in [5, 5.41) is 12.2. The molecule has 1 heterocycles. The smallest absolute Gasteiger partial charge is 0.249 e. The summed E-state index contributed by atoms with van der Waals surface area (Å²) in [5.74, 6) is -0.0785. The van der Waals surface area contributed by atoms with Crippen LogP contribution in [0.25, 0.3) is 0 Å². The number of nitrogens with one attached hydrogen (secondary N) is 1. The summed E-state index contributed by atoms with van der Waals surface area (Å²) in [5.41, 5.74) is -0.469. The Morgan fingerprint density at radius 3 is 2.60 bits per heavy atom. The standard InChI is InChI=1S/C11H21NO3/c1-3-11(4-2,8-13)12-10(14)9-6-5-7-15-9/h9,13H,3-8H2,1-2H3,(H,12,14)/t9-/m0/s1. The maximum atomic E-state index is 11.8. The molecule has 4 nitrogen and oxygen atoms in total. The number of ether oxygens (including phenoxy) is 1. The van der Waals surface area contributed by atoms with E-state index in [1.807, 2.05) is 13.8 Å². The van der Waals surface area contributed by atoms with Crippen LogP contribution in [0, 0.1) is 0 Å². The van der Waals surface area contributed by atoms with Crippen LogP contribution in [0.1, 0.15) is 39.5 Å². The van der Waals surface area contributed by atoms with E-state index < -0.39 is 5.54 Å². The second-order valence-corrected chi connectivity index (χ2v) is 4.14. The van der Waals surface area contributed by atoms with Crippen LogP contribution in [0.5, 0.6) is 0 Å². The van der Waals surface area contributed by atoms with Gasteiger partial charge in [0.15, 0.2) is 0 Å². The number of carbonyl (C=O) groups is 1. The van der Waals surface area contributed by atoms with Gasteiger partial charge in [0.25, 0.3) is 0 Å². The van der Waals surface area contributed by atoms with Crippen LogP contribution in [0.4, 0.5) is 0 Å². The Balaban J connectivity index is 2.53. The maximum Gasteiger partial charge on any atom is 0.249 e. The van der Waals surface area contributed by atoms with Gasteiger partial charge in [-0.2, -0.15) is 0 Å². The van der Waals surface area contributed by atoms with E-state index in [0.717, 1.165) is 25.7 Å². The molecule has 1 amide bonds. The molecular formula is C11H21NO3. The Bertz CT molecular complexity index is 200. The predicted octanol–water partition coefficient (Wildman–Crippen LogP) is 0.833.